The number of alkyl halides is 6. The number of carbonyl (C=O) groups is 1. The number of benzene rings is 1. The van der Waals surface area contributed by atoms with E-state index in [-0.39, 0.29) is 35.5 Å². The van der Waals surface area contributed by atoms with Gasteiger partial charge in [-0.3, -0.25) is 4.79 Å². The summed E-state index contributed by atoms with van der Waals surface area (Å²) in [5.41, 5.74) is -3.85. The molecular weight excluding hydrogens is 462 g/mol. The molecular formula is C24H32F6N2O2. The van der Waals surface area contributed by atoms with Gasteiger partial charge in [-0.1, -0.05) is 26.7 Å². The average Bonchev–Trinajstić information content (AvgIpc) is 3.17. The zero-order chi connectivity index (χ0) is 25.3. The monoisotopic (exact) mass is 494 g/mol. The van der Waals surface area contributed by atoms with Crippen LogP contribution in [0.15, 0.2) is 18.2 Å². The highest BCUT2D eigenvalue weighted by Crippen LogP contribution is 2.45. The first-order valence-corrected chi connectivity index (χ1v) is 11.7. The number of carbonyl (C=O) groups excluding carboxylic acids is 1. The second-order valence-electron chi connectivity index (χ2n) is 9.97. The Balaban J connectivity index is 1.72. The Morgan fingerprint density at radius 1 is 1.03 bits per heavy atom. The first kappa shape index (κ1) is 26.8. The van der Waals surface area contributed by atoms with Crippen LogP contribution < -0.4 is 10.6 Å². The van der Waals surface area contributed by atoms with Crippen molar-refractivity contribution in [2.75, 3.05) is 0 Å². The van der Waals surface area contributed by atoms with E-state index in [0.29, 0.717) is 31.4 Å². The maximum atomic E-state index is 13.2. The van der Waals surface area contributed by atoms with Gasteiger partial charge in [0.15, 0.2) is 0 Å². The van der Waals surface area contributed by atoms with Crippen LogP contribution in [0.4, 0.5) is 26.3 Å². The number of hydrogen-bond donors (Lipinski definition) is 3. The van der Waals surface area contributed by atoms with E-state index in [9.17, 15) is 36.2 Å². The van der Waals surface area contributed by atoms with Gasteiger partial charge in [-0.05, 0) is 61.8 Å². The lowest BCUT2D eigenvalue weighted by molar-refractivity contribution is -0.143. The van der Waals surface area contributed by atoms with Crippen LogP contribution in [0.1, 0.15) is 75.5 Å². The topological polar surface area (TPSA) is 61.4 Å². The predicted molar refractivity (Wildman–Crippen MR) is 115 cm³/mol. The van der Waals surface area contributed by atoms with Gasteiger partial charge in [0.1, 0.15) is 0 Å². The second-order valence-corrected chi connectivity index (χ2v) is 9.97. The maximum absolute atomic E-state index is 13.2. The van der Waals surface area contributed by atoms with Crippen LogP contribution >= 0.6 is 0 Å². The lowest BCUT2D eigenvalue weighted by Crippen LogP contribution is -2.48. The van der Waals surface area contributed by atoms with Crippen LogP contribution in [0.25, 0.3) is 0 Å². The highest BCUT2D eigenvalue weighted by molar-refractivity contribution is 5.83. The molecule has 10 heteroatoms. The number of amides is 1. The third-order valence-corrected chi connectivity index (χ3v) is 7.39. The Bertz CT molecular complexity index is 838. The summed E-state index contributed by atoms with van der Waals surface area (Å²) in [6.07, 6.45) is -4.96. The summed E-state index contributed by atoms with van der Waals surface area (Å²) in [5, 5.41) is 16.3. The first-order chi connectivity index (χ1) is 15.7. The minimum atomic E-state index is -4.94. The second kappa shape index (κ2) is 10.0. The molecule has 2 saturated carbocycles. The molecule has 0 radical (unpaired) electrons. The largest absolute Gasteiger partial charge is 0.416 e. The molecule has 1 aromatic carbocycles. The van der Waals surface area contributed by atoms with Crippen molar-refractivity contribution in [3.63, 3.8) is 0 Å². The van der Waals surface area contributed by atoms with Crippen LogP contribution in [0.5, 0.6) is 0 Å². The van der Waals surface area contributed by atoms with Gasteiger partial charge in [-0.2, -0.15) is 26.3 Å². The molecule has 0 spiro atoms. The Morgan fingerprint density at radius 3 is 2.15 bits per heavy atom. The highest BCUT2D eigenvalue weighted by Gasteiger charge is 2.48. The van der Waals surface area contributed by atoms with Gasteiger partial charge in [0, 0.05) is 18.6 Å². The lowest BCUT2D eigenvalue weighted by Gasteiger charge is -2.34. The molecule has 3 N–H and O–H groups in total. The van der Waals surface area contributed by atoms with Crippen LogP contribution in [0.3, 0.4) is 0 Å². The summed E-state index contributed by atoms with van der Waals surface area (Å²) < 4.78 is 78.8. The normalized spacial score (nSPS) is 28.4. The molecule has 3 rings (SSSR count). The van der Waals surface area contributed by atoms with Gasteiger partial charge < -0.3 is 15.7 Å². The van der Waals surface area contributed by atoms with Gasteiger partial charge in [0.2, 0.25) is 5.91 Å². The fourth-order valence-corrected chi connectivity index (χ4v) is 5.30. The molecule has 0 saturated heterocycles. The van der Waals surface area contributed by atoms with E-state index < -0.39 is 41.5 Å². The molecule has 34 heavy (non-hydrogen) atoms. The fraction of sp³-hybridized carbons (Fsp3) is 0.708. The smallest absolute Gasteiger partial charge is 0.392 e. The van der Waals surface area contributed by atoms with Crippen LogP contribution in [0, 0.1) is 11.3 Å². The minimum Gasteiger partial charge on any atom is -0.392 e. The molecule has 1 aromatic rings. The zero-order valence-electron chi connectivity index (χ0n) is 19.3. The first-order valence-electron chi connectivity index (χ1n) is 11.7. The quantitative estimate of drug-likeness (QED) is 0.463. The summed E-state index contributed by atoms with van der Waals surface area (Å²) in [4.78, 5) is 13.2. The number of halogens is 6. The molecule has 192 valence electrons. The molecule has 2 aliphatic rings. The van der Waals surface area contributed by atoms with Crippen molar-refractivity contribution in [1.82, 2.24) is 10.6 Å². The maximum Gasteiger partial charge on any atom is 0.416 e. The van der Waals surface area contributed by atoms with Crippen molar-refractivity contribution in [3.8, 4) is 0 Å². The van der Waals surface area contributed by atoms with Crippen LogP contribution in [0.2, 0.25) is 0 Å². The summed E-state index contributed by atoms with van der Waals surface area (Å²) in [7, 11) is 0. The molecule has 2 aliphatic carbocycles. The minimum absolute atomic E-state index is 0.0105. The van der Waals surface area contributed by atoms with Crippen molar-refractivity contribution in [2.45, 2.75) is 95.9 Å². The predicted octanol–water partition coefficient (Wildman–Crippen LogP) is 5.43. The Morgan fingerprint density at radius 2 is 1.62 bits per heavy atom. The molecule has 4 nitrogen and oxygen atoms in total. The van der Waals surface area contributed by atoms with E-state index >= 15 is 0 Å². The number of rotatable bonds is 6. The Kier molecular flexibility index (Phi) is 7.92. The van der Waals surface area contributed by atoms with Gasteiger partial charge in [-0.15, -0.1) is 0 Å². The summed E-state index contributed by atoms with van der Waals surface area (Å²) in [6, 6.07) is 1.34. The number of hydrogen-bond acceptors (Lipinski definition) is 3. The Hall–Kier alpha value is -1.81. The highest BCUT2D eigenvalue weighted by atomic mass is 19.4. The molecule has 0 bridgehead atoms. The van der Waals surface area contributed by atoms with Crippen molar-refractivity contribution >= 4 is 5.91 Å². The number of nitrogens with one attached hydrogen (secondary N) is 2. The Labute approximate surface area is 195 Å². The van der Waals surface area contributed by atoms with Crippen molar-refractivity contribution < 1.29 is 36.2 Å². The molecule has 0 aliphatic heterocycles. The number of aliphatic hydroxyl groups is 1. The van der Waals surface area contributed by atoms with Gasteiger partial charge in [0.25, 0.3) is 0 Å². The molecule has 4 atom stereocenters. The van der Waals surface area contributed by atoms with Gasteiger partial charge in [-0.25, -0.2) is 0 Å². The van der Waals surface area contributed by atoms with Crippen LogP contribution in [-0.2, 0) is 23.7 Å². The number of aliphatic hydroxyl groups excluding tert-OH is 1. The third kappa shape index (κ3) is 6.05. The zero-order valence-corrected chi connectivity index (χ0v) is 19.3. The van der Waals surface area contributed by atoms with Crippen molar-refractivity contribution in [2.24, 2.45) is 11.3 Å². The van der Waals surface area contributed by atoms with Gasteiger partial charge in [0.05, 0.1) is 22.6 Å². The standard InChI is InChI=1S/C24H32F6N2O2/c1-14(2)22(8-7-18(12-22)32-19-5-3-4-6-20(19)33)21(34)31-13-15-9-16(23(25,26)27)11-17(10-15)24(28,29)30/h9-11,14,18-20,32-33H,3-8,12-13H2,1-2H3,(H,31,34)/t18?,19-,20-,22?/m1/s1. The van der Waals surface area contributed by atoms with E-state index in [1.165, 1.54) is 0 Å². The van der Waals surface area contributed by atoms with E-state index in [0.717, 1.165) is 25.7 Å². The SMILES string of the molecule is CC(C)C1(C(=O)NCc2cc(C(F)(F)F)cc(C(F)(F)F)c2)CCC(N[C@@H]2CCCC[C@H]2O)C1. The fourth-order valence-electron chi connectivity index (χ4n) is 5.30. The van der Waals surface area contributed by atoms with E-state index in [1.54, 1.807) is 0 Å². The summed E-state index contributed by atoms with van der Waals surface area (Å²) >= 11 is 0. The van der Waals surface area contributed by atoms with Gasteiger partial charge >= 0.3 is 12.4 Å². The van der Waals surface area contributed by atoms with E-state index in [1.807, 2.05) is 13.8 Å². The van der Waals surface area contributed by atoms with Crippen molar-refractivity contribution in [3.05, 3.63) is 34.9 Å². The molecule has 2 unspecified atom stereocenters. The molecule has 0 aromatic heterocycles. The van der Waals surface area contributed by atoms with E-state index in [2.05, 4.69) is 10.6 Å². The molecule has 1 amide bonds. The van der Waals surface area contributed by atoms with E-state index in [4.69, 9.17) is 0 Å². The van der Waals surface area contributed by atoms with Crippen LogP contribution in [-0.4, -0.2) is 29.2 Å². The molecule has 2 fully saturated rings. The van der Waals surface area contributed by atoms with Crippen molar-refractivity contribution in [1.29, 1.82) is 0 Å². The lowest BCUT2D eigenvalue weighted by atomic mass is 9.74. The average molecular weight is 495 g/mol. The molecule has 0 heterocycles. The summed E-state index contributed by atoms with van der Waals surface area (Å²) in [5.74, 6) is -0.454. The summed E-state index contributed by atoms with van der Waals surface area (Å²) in [6.45, 7) is 3.35. The third-order valence-electron chi connectivity index (χ3n) is 7.39.